The van der Waals surface area contributed by atoms with Crippen molar-refractivity contribution >= 4 is 17.7 Å². The van der Waals surface area contributed by atoms with Gasteiger partial charge in [-0.2, -0.15) is 0 Å². The van der Waals surface area contributed by atoms with Crippen LogP contribution >= 0.6 is 11.8 Å². The summed E-state index contributed by atoms with van der Waals surface area (Å²) in [7, 11) is 0. The second-order valence-corrected chi connectivity index (χ2v) is 7.16. The minimum absolute atomic E-state index is 0.211. The monoisotopic (exact) mass is 292 g/mol. The van der Waals surface area contributed by atoms with Crippen LogP contribution in [0.3, 0.4) is 0 Å². The summed E-state index contributed by atoms with van der Waals surface area (Å²) in [6, 6.07) is 0.488. The average molecular weight is 292 g/mol. The predicted octanol–water partition coefficient (Wildman–Crippen LogP) is 1.41. The summed E-state index contributed by atoms with van der Waals surface area (Å²) in [6.45, 7) is 1.97. The van der Waals surface area contributed by atoms with Gasteiger partial charge in [-0.25, -0.2) is 9.97 Å². The Morgan fingerprint density at radius 1 is 1.40 bits per heavy atom. The van der Waals surface area contributed by atoms with Crippen LogP contribution in [0.5, 0.6) is 0 Å². The van der Waals surface area contributed by atoms with Crippen LogP contribution < -0.4 is 11.1 Å². The fourth-order valence-corrected chi connectivity index (χ4v) is 3.86. The quantitative estimate of drug-likeness (QED) is 0.802. The zero-order chi connectivity index (χ0) is 14.2. The standard InChI is InChI=1S/C14H20N4OS/c1-9-7-16-13(17-8-9)20-11-4-5-14(6-11,12(15)19)18-10-2-3-10/h7-8,10-11,18H,2-6H2,1H3,(H2,15,19). The Balaban J connectivity index is 1.65. The fraction of sp³-hybridized carbons (Fsp3) is 0.643. The lowest BCUT2D eigenvalue weighted by atomic mass is 9.96. The smallest absolute Gasteiger partial charge is 0.237 e. The second kappa shape index (κ2) is 5.33. The summed E-state index contributed by atoms with van der Waals surface area (Å²) in [5.41, 5.74) is 6.19. The Kier molecular flexibility index (Phi) is 3.69. The summed E-state index contributed by atoms with van der Waals surface area (Å²) in [6.07, 6.45) is 8.55. The van der Waals surface area contributed by atoms with Crippen LogP contribution in [0.25, 0.3) is 0 Å². The molecule has 1 aromatic rings. The van der Waals surface area contributed by atoms with Crippen molar-refractivity contribution in [2.45, 2.75) is 61.0 Å². The third-order valence-electron chi connectivity index (χ3n) is 4.03. The minimum Gasteiger partial charge on any atom is -0.368 e. The minimum atomic E-state index is -0.510. The molecule has 2 atom stereocenters. The summed E-state index contributed by atoms with van der Waals surface area (Å²) in [5, 5.41) is 4.60. The molecule has 0 radical (unpaired) electrons. The molecule has 2 saturated carbocycles. The van der Waals surface area contributed by atoms with E-state index in [-0.39, 0.29) is 5.91 Å². The van der Waals surface area contributed by atoms with E-state index in [4.69, 9.17) is 5.73 Å². The first-order valence-corrected chi connectivity index (χ1v) is 7.98. The van der Waals surface area contributed by atoms with E-state index in [1.807, 2.05) is 19.3 Å². The number of thioether (sulfide) groups is 1. The topological polar surface area (TPSA) is 80.9 Å². The first-order valence-electron chi connectivity index (χ1n) is 7.10. The van der Waals surface area contributed by atoms with Crippen LogP contribution in [0.15, 0.2) is 17.6 Å². The molecule has 5 nitrogen and oxygen atoms in total. The van der Waals surface area contributed by atoms with Gasteiger partial charge in [0, 0.05) is 23.7 Å². The van der Waals surface area contributed by atoms with Crippen molar-refractivity contribution in [3.8, 4) is 0 Å². The Hall–Kier alpha value is -1.14. The molecule has 1 amide bonds. The summed E-state index contributed by atoms with van der Waals surface area (Å²) in [5.74, 6) is -0.211. The molecule has 2 aliphatic carbocycles. The van der Waals surface area contributed by atoms with Crippen molar-refractivity contribution in [1.82, 2.24) is 15.3 Å². The predicted molar refractivity (Wildman–Crippen MR) is 78.3 cm³/mol. The zero-order valence-corrected chi connectivity index (χ0v) is 12.4. The Morgan fingerprint density at radius 3 is 2.70 bits per heavy atom. The highest BCUT2D eigenvalue weighted by Crippen LogP contribution is 2.40. The first kappa shape index (κ1) is 13.8. The molecule has 3 rings (SSSR count). The van der Waals surface area contributed by atoms with Gasteiger partial charge in [-0.1, -0.05) is 11.8 Å². The Morgan fingerprint density at radius 2 is 2.10 bits per heavy atom. The van der Waals surface area contributed by atoms with Crippen molar-refractivity contribution in [3.05, 3.63) is 18.0 Å². The van der Waals surface area contributed by atoms with Crippen molar-refractivity contribution < 1.29 is 4.79 Å². The van der Waals surface area contributed by atoms with Gasteiger partial charge in [0.1, 0.15) is 0 Å². The second-order valence-electron chi connectivity index (χ2n) is 5.89. The fourth-order valence-electron chi connectivity index (χ4n) is 2.74. The van der Waals surface area contributed by atoms with E-state index in [0.717, 1.165) is 42.8 Å². The number of nitrogens with zero attached hydrogens (tertiary/aromatic N) is 2. The third kappa shape index (κ3) is 2.96. The molecule has 108 valence electrons. The van der Waals surface area contributed by atoms with Crippen molar-refractivity contribution in [2.75, 3.05) is 0 Å². The van der Waals surface area contributed by atoms with Crippen LogP contribution in [0.4, 0.5) is 0 Å². The number of primary amides is 1. The number of carbonyl (C=O) groups excluding carboxylic acids is 1. The molecule has 20 heavy (non-hydrogen) atoms. The molecule has 2 fully saturated rings. The molecule has 1 heterocycles. The van der Waals surface area contributed by atoms with Crippen LogP contribution in [0.1, 0.15) is 37.7 Å². The van der Waals surface area contributed by atoms with E-state index < -0.39 is 5.54 Å². The number of hydrogen-bond acceptors (Lipinski definition) is 5. The van der Waals surface area contributed by atoms with E-state index >= 15 is 0 Å². The maximum Gasteiger partial charge on any atom is 0.237 e. The van der Waals surface area contributed by atoms with Crippen molar-refractivity contribution in [3.63, 3.8) is 0 Å². The van der Waals surface area contributed by atoms with E-state index in [9.17, 15) is 4.79 Å². The van der Waals surface area contributed by atoms with Gasteiger partial charge in [0.25, 0.3) is 0 Å². The van der Waals surface area contributed by atoms with Gasteiger partial charge >= 0.3 is 0 Å². The number of aryl methyl sites for hydroxylation is 1. The van der Waals surface area contributed by atoms with Gasteiger partial charge in [-0.3, -0.25) is 4.79 Å². The summed E-state index contributed by atoms with van der Waals surface area (Å²) >= 11 is 1.66. The van der Waals surface area contributed by atoms with Gasteiger partial charge in [0.05, 0.1) is 5.54 Å². The number of carbonyl (C=O) groups is 1. The van der Waals surface area contributed by atoms with Crippen molar-refractivity contribution in [2.24, 2.45) is 5.73 Å². The van der Waals surface area contributed by atoms with Crippen LogP contribution in [-0.4, -0.2) is 32.7 Å². The summed E-state index contributed by atoms with van der Waals surface area (Å²) in [4.78, 5) is 20.5. The SMILES string of the molecule is Cc1cnc(SC2CCC(NC3CC3)(C(N)=O)C2)nc1. The van der Waals surface area contributed by atoms with E-state index in [0.29, 0.717) is 11.3 Å². The summed E-state index contributed by atoms with van der Waals surface area (Å²) < 4.78 is 0. The third-order valence-corrected chi connectivity index (χ3v) is 5.19. The zero-order valence-electron chi connectivity index (χ0n) is 11.6. The number of aromatic nitrogens is 2. The molecule has 2 unspecified atom stereocenters. The number of hydrogen-bond donors (Lipinski definition) is 2. The lowest BCUT2D eigenvalue weighted by Crippen LogP contribution is -2.54. The molecule has 6 heteroatoms. The molecule has 2 aliphatic rings. The van der Waals surface area contributed by atoms with E-state index in [1.165, 1.54) is 0 Å². The number of amides is 1. The van der Waals surface area contributed by atoms with Gasteiger partial charge in [0.2, 0.25) is 5.91 Å². The molecule has 3 N–H and O–H groups in total. The van der Waals surface area contributed by atoms with E-state index in [1.54, 1.807) is 11.8 Å². The lowest BCUT2D eigenvalue weighted by Gasteiger charge is -2.27. The highest BCUT2D eigenvalue weighted by atomic mass is 32.2. The number of nitrogens with one attached hydrogen (secondary N) is 1. The molecule has 0 aliphatic heterocycles. The van der Waals surface area contributed by atoms with Crippen molar-refractivity contribution in [1.29, 1.82) is 0 Å². The highest BCUT2D eigenvalue weighted by molar-refractivity contribution is 7.99. The lowest BCUT2D eigenvalue weighted by molar-refractivity contribution is -0.124. The largest absolute Gasteiger partial charge is 0.368 e. The molecule has 1 aromatic heterocycles. The van der Waals surface area contributed by atoms with Gasteiger partial charge in [-0.05, 0) is 44.6 Å². The molecular weight excluding hydrogens is 272 g/mol. The molecular formula is C14H20N4OS. The average Bonchev–Trinajstić information content (AvgIpc) is 3.12. The van der Waals surface area contributed by atoms with Crippen LogP contribution in [0.2, 0.25) is 0 Å². The van der Waals surface area contributed by atoms with Gasteiger partial charge < -0.3 is 11.1 Å². The molecule has 0 bridgehead atoms. The molecule has 0 aromatic carbocycles. The van der Waals surface area contributed by atoms with Gasteiger partial charge in [0.15, 0.2) is 5.16 Å². The van der Waals surface area contributed by atoms with Crippen LogP contribution in [-0.2, 0) is 4.79 Å². The number of rotatable bonds is 5. The maximum atomic E-state index is 11.8. The maximum absolute atomic E-state index is 11.8. The molecule has 0 saturated heterocycles. The van der Waals surface area contributed by atoms with Gasteiger partial charge in [-0.15, -0.1) is 0 Å². The van der Waals surface area contributed by atoms with E-state index in [2.05, 4.69) is 15.3 Å². The number of nitrogens with two attached hydrogens (primary N) is 1. The Labute approximate surface area is 123 Å². The van der Waals surface area contributed by atoms with Crippen LogP contribution in [0, 0.1) is 6.92 Å². The first-order chi connectivity index (χ1) is 9.57. The molecule has 0 spiro atoms. The normalized spacial score (nSPS) is 29.6. The highest BCUT2D eigenvalue weighted by Gasteiger charge is 2.47. The Bertz CT molecular complexity index is 502.